The summed E-state index contributed by atoms with van der Waals surface area (Å²) in [5, 5.41) is 2.89. The molecule has 0 saturated heterocycles. The summed E-state index contributed by atoms with van der Waals surface area (Å²) in [7, 11) is -2.63. The lowest BCUT2D eigenvalue weighted by atomic mass is 10.1. The van der Waals surface area contributed by atoms with E-state index in [1.165, 1.54) is 24.1 Å². The molecule has 3 aromatic carbocycles. The van der Waals surface area contributed by atoms with Crippen molar-refractivity contribution in [3.05, 3.63) is 90.0 Å². The standard InChI is InChI=1S/C30H37N3O5S/c1-22(2)19-31-30(35)24(4)32(20-25-11-9-10-23(3)18-25)29(34)21-33(26-12-7-6-8-13-26)39(36,37)28-16-14-27(38-5)15-17-28/h6-18,22,24H,19-21H2,1-5H3,(H,31,35). The second kappa shape index (κ2) is 13.3. The molecule has 3 aromatic rings. The van der Waals surface area contributed by atoms with E-state index in [2.05, 4.69) is 5.32 Å². The van der Waals surface area contributed by atoms with Crippen LogP contribution in [0.15, 0.2) is 83.8 Å². The van der Waals surface area contributed by atoms with Crippen LogP contribution in [0.1, 0.15) is 31.9 Å². The van der Waals surface area contributed by atoms with Gasteiger partial charge in [-0.25, -0.2) is 8.42 Å². The van der Waals surface area contributed by atoms with Crippen molar-refractivity contribution in [2.45, 2.75) is 45.2 Å². The number of ether oxygens (including phenoxy) is 1. The highest BCUT2D eigenvalue weighted by Gasteiger charge is 2.32. The lowest BCUT2D eigenvalue weighted by Gasteiger charge is -2.32. The molecule has 0 aliphatic rings. The van der Waals surface area contributed by atoms with Crippen LogP contribution in [-0.4, -0.2) is 51.4 Å². The van der Waals surface area contributed by atoms with Gasteiger partial charge in [0.2, 0.25) is 11.8 Å². The Bertz CT molecular complexity index is 1360. The van der Waals surface area contributed by atoms with E-state index in [1.807, 2.05) is 45.0 Å². The van der Waals surface area contributed by atoms with Gasteiger partial charge in [-0.2, -0.15) is 0 Å². The Morgan fingerprint density at radius 3 is 2.18 bits per heavy atom. The van der Waals surface area contributed by atoms with Gasteiger partial charge in [0.05, 0.1) is 17.7 Å². The second-order valence-electron chi connectivity index (χ2n) is 9.85. The smallest absolute Gasteiger partial charge is 0.264 e. The number of benzene rings is 3. The van der Waals surface area contributed by atoms with Gasteiger partial charge in [0.1, 0.15) is 18.3 Å². The highest BCUT2D eigenvalue weighted by molar-refractivity contribution is 7.92. The number of nitrogens with zero attached hydrogens (tertiary/aromatic N) is 2. The Kier molecular flexibility index (Phi) is 10.1. The van der Waals surface area contributed by atoms with E-state index in [1.54, 1.807) is 49.4 Å². The largest absolute Gasteiger partial charge is 0.497 e. The number of anilines is 1. The van der Waals surface area contributed by atoms with Crippen LogP contribution in [0.2, 0.25) is 0 Å². The number of methoxy groups -OCH3 is 1. The third-order valence-corrected chi connectivity index (χ3v) is 8.05. The topological polar surface area (TPSA) is 96.0 Å². The monoisotopic (exact) mass is 551 g/mol. The summed E-state index contributed by atoms with van der Waals surface area (Å²) in [4.78, 5) is 28.4. The minimum absolute atomic E-state index is 0.0212. The fourth-order valence-electron chi connectivity index (χ4n) is 4.04. The average Bonchev–Trinajstić information content (AvgIpc) is 2.93. The molecular weight excluding hydrogens is 514 g/mol. The molecule has 1 N–H and O–H groups in total. The molecule has 208 valence electrons. The molecule has 0 radical (unpaired) electrons. The lowest BCUT2D eigenvalue weighted by Crippen LogP contribution is -2.51. The minimum atomic E-state index is -4.12. The van der Waals surface area contributed by atoms with E-state index in [-0.39, 0.29) is 23.3 Å². The Balaban J connectivity index is 1.98. The zero-order valence-electron chi connectivity index (χ0n) is 23.1. The molecule has 0 bridgehead atoms. The van der Waals surface area contributed by atoms with Crippen LogP contribution in [0.3, 0.4) is 0 Å². The van der Waals surface area contributed by atoms with Gasteiger partial charge in [-0.3, -0.25) is 13.9 Å². The molecule has 0 aliphatic heterocycles. The van der Waals surface area contributed by atoms with Crippen molar-refractivity contribution in [2.24, 2.45) is 5.92 Å². The fourth-order valence-corrected chi connectivity index (χ4v) is 5.45. The number of rotatable bonds is 12. The summed E-state index contributed by atoms with van der Waals surface area (Å²) in [6, 6.07) is 21.3. The number of sulfonamides is 1. The second-order valence-corrected chi connectivity index (χ2v) is 11.7. The highest BCUT2D eigenvalue weighted by atomic mass is 32.2. The highest BCUT2D eigenvalue weighted by Crippen LogP contribution is 2.26. The van der Waals surface area contributed by atoms with Crippen molar-refractivity contribution >= 4 is 27.5 Å². The summed E-state index contributed by atoms with van der Waals surface area (Å²) < 4.78 is 33.9. The number of carbonyl (C=O) groups excluding carboxylic acids is 2. The summed E-state index contributed by atoms with van der Waals surface area (Å²) in [5.41, 5.74) is 2.20. The lowest BCUT2D eigenvalue weighted by molar-refractivity contribution is -0.139. The van der Waals surface area contributed by atoms with Crippen LogP contribution < -0.4 is 14.4 Å². The van der Waals surface area contributed by atoms with Gasteiger partial charge in [0, 0.05) is 13.1 Å². The van der Waals surface area contributed by atoms with Crippen LogP contribution in [-0.2, 0) is 26.2 Å². The molecule has 0 heterocycles. The SMILES string of the molecule is COc1ccc(S(=O)(=O)N(CC(=O)N(Cc2cccc(C)c2)C(C)C(=O)NCC(C)C)c2ccccc2)cc1. The summed E-state index contributed by atoms with van der Waals surface area (Å²) in [5.74, 6) is -0.0363. The minimum Gasteiger partial charge on any atom is -0.497 e. The molecule has 0 saturated carbocycles. The van der Waals surface area contributed by atoms with Gasteiger partial charge >= 0.3 is 0 Å². The van der Waals surface area contributed by atoms with Crippen LogP contribution >= 0.6 is 0 Å². The van der Waals surface area contributed by atoms with Gasteiger partial charge in [-0.1, -0.05) is 61.9 Å². The van der Waals surface area contributed by atoms with Crippen LogP contribution in [0, 0.1) is 12.8 Å². The van der Waals surface area contributed by atoms with Crippen molar-refractivity contribution in [2.75, 3.05) is 24.5 Å². The van der Waals surface area contributed by atoms with Crippen molar-refractivity contribution in [3.8, 4) is 5.75 Å². The van der Waals surface area contributed by atoms with E-state index in [9.17, 15) is 18.0 Å². The van der Waals surface area contributed by atoms with Gasteiger partial charge in [0.15, 0.2) is 0 Å². The number of aryl methyl sites for hydroxylation is 1. The van der Waals surface area contributed by atoms with Gasteiger partial charge in [-0.15, -0.1) is 0 Å². The molecule has 8 nitrogen and oxygen atoms in total. The normalized spacial score (nSPS) is 12.1. The Morgan fingerprint density at radius 1 is 0.923 bits per heavy atom. The van der Waals surface area contributed by atoms with E-state index in [0.717, 1.165) is 15.4 Å². The van der Waals surface area contributed by atoms with E-state index >= 15 is 0 Å². The third-order valence-electron chi connectivity index (χ3n) is 6.26. The fraction of sp³-hybridized carbons (Fsp3) is 0.333. The van der Waals surface area contributed by atoms with E-state index in [4.69, 9.17) is 4.74 Å². The summed E-state index contributed by atoms with van der Waals surface area (Å²) in [6.07, 6.45) is 0. The van der Waals surface area contributed by atoms with Gasteiger partial charge in [-0.05, 0) is 61.7 Å². The molecule has 1 atom stereocenters. The van der Waals surface area contributed by atoms with Crippen LogP contribution in [0.25, 0.3) is 0 Å². The quantitative estimate of drug-likeness (QED) is 0.360. The number of hydrogen-bond donors (Lipinski definition) is 1. The predicted octanol–water partition coefficient (Wildman–Crippen LogP) is 4.39. The first kappa shape index (κ1) is 29.7. The molecule has 1 unspecified atom stereocenters. The molecule has 0 fully saturated rings. The first-order chi connectivity index (χ1) is 18.5. The molecule has 0 aliphatic carbocycles. The molecule has 3 rings (SSSR count). The molecule has 9 heteroatoms. The zero-order valence-corrected chi connectivity index (χ0v) is 23.9. The average molecular weight is 552 g/mol. The van der Waals surface area contributed by atoms with Crippen molar-refractivity contribution in [1.82, 2.24) is 10.2 Å². The van der Waals surface area contributed by atoms with Crippen molar-refractivity contribution in [3.63, 3.8) is 0 Å². The molecule has 0 aromatic heterocycles. The molecular formula is C30H37N3O5S. The van der Waals surface area contributed by atoms with Gasteiger partial charge in [0.25, 0.3) is 10.0 Å². The maximum Gasteiger partial charge on any atom is 0.264 e. The maximum atomic E-state index is 13.9. The predicted molar refractivity (Wildman–Crippen MR) is 153 cm³/mol. The molecule has 2 amide bonds. The number of amides is 2. The first-order valence-corrected chi connectivity index (χ1v) is 14.3. The van der Waals surface area contributed by atoms with Gasteiger partial charge < -0.3 is 15.0 Å². The summed E-state index contributed by atoms with van der Waals surface area (Å²) >= 11 is 0. The van der Waals surface area contributed by atoms with Crippen molar-refractivity contribution in [1.29, 1.82) is 0 Å². The Morgan fingerprint density at radius 2 is 1.59 bits per heavy atom. The molecule has 39 heavy (non-hydrogen) atoms. The van der Waals surface area contributed by atoms with Crippen LogP contribution in [0.4, 0.5) is 5.69 Å². The van der Waals surface area contributed by atoms with E-state index in [0.29, 0.717) is 18.0 Å². The number of hydrogen-bond acceptors (Lipinski definition) is 5. The number of carbonyl (C=O) groups is 2. The van der Waals surface area contributed by atoms with E-state index < -0.39 is 28.5 Å². The first-order valence-electron chi connectivity index (χ1n) is 12.9. The third kappa shape index (κ3) is 7.83. The summed E-state index contributed by atoms with van der Waals surface area (Å²) in [6.45, 7) is 7.73. The maximum absolute atomic E-state index is 13.9. The van der Waals surface area contributed by atoms with Crippen molar-refractivity contribution < 1.29 is 22.7 Å². The molecule has 0 spiro atoms. The van der Waals surface area contributed by atoms with Crippen LogP contribution in [0.5, 0.6) is 5.75 Å². The Labute approximate surface area is 231 Å². The number of nitrogens with one attached hydrogen (secondary N) is 1. The number of para-hydroxylation sites is 1. The Hall–Kier alpha value is -3.85. The zero-order chi connectivity index (χ0) is 28.6.